The van der Waals surface area contributed by atoms with Gasteiger partial charge in [0.2, 0.25) is 5.75 Å². The average molecular weight is 385 g/mol. The monoisotopic (exact) mass is 385 g/mol. The number of methoxy groups -OCH3 is 3. The molecule has 28 heavy (non-hydrogen) atoms. The minimum atomic E-state index is -0.526. The van der Waals surface area contributed by atoms with E-state index in [-0.39, 0.29) is 5.91 Å². The van der Waals surface area contributed by atoms with Gasteiger partial charge in [-0.3, -0.25) is 4.79 Å². The molecule has 0 bridgehead atoms. The number of hydrogen-bond donors (Lipinski definition) is 1. The van der Waals surface area contributed by atoms with Crippen molar-refractivity contribution in [3.05, 3.63) is 35.9 Å². The minimum absolute atomic E-state index is 0.298. The maximum absolute atomic E-state index is 12.8. The molecule has 1 fully saturated rings. The third-order valence-electron chi connectivity index (χ3n) is 5.09. The van der Waals surface area contributed by atoms with Gasteiger partial charge in [0.05, 0.1) is 21.3 Å². The van der Waals surface area contributed by atoms with Crippen LogP contribution in [0, 0.1) is 0 Å². The number of carbonyl (C=O) groups is 1. The van der Waals surface area contributed by atoms with E-state index in [1.807, 2.05) is 6.07 Å². The summed E-state index contributed by atoms with van der Waals surface area (Å²) in [5.74, 6) is 1.82. The zero-order valence-electron chi connectivity index (χ0n) is 16.2. The van der Waals surface area contributed by atoms with Crippen molar-refractivity contribution in [2.45, 2.75) is 31.5 Å². The number of fused-ring (bicyclic) bond motifs is 1. The SMILES string of the molecule is COc1cc(C(=O)Nc2ccc3c(c2)OC2(CCCC2)O3)cc(OC)c1OC. The smallest absolute Gasteiger partial charge is 0.255 e. The zero-order valence-corrected chi connectivity index (χ0v) is 16.2. The number of benzene rings is 2. The molecule has 1 aliphatic carbocycles. The third kappa shape index (κ3) is 3.17. The van der Waals surface area contributed by atoms with Gasteiger partial charge in [-0.05, 0) is 37.1 Å². The molecule has 0 unspecified atom stereocenters. The predicted octanol–water partition coefficient (Wildman–Crippen LogP) is 4.01. The lowest BCUT2D eigenvalue weighted by Crippen LogP contribution is -2.34. The Balaban J connectivity index is 1.55. The van der Waals surface area contributed by atoms with Crippen LogP contribution in [0.4, 0.5) is 5.69 Å². The van der Waals surface area contributed by atoms with Crippen LogP contribution in [-0.2, 0) is 0 Å². The van der Waals surface area contributed by atoms with Gasteiger partial charge in [0, 0.05) is 30.2 Å². The number of ether oxygens (including phenoxy) is 5. The first-order valence-electron chi connectivity index (χ1n) is 9.21. The lowest BCUT2D eigenvalue weighted by atomic mass is 10.1. The Bertz CT molecular complexity index is 879. The molecule has 0 saturated heterocycles. The van der Waals surface area contributed by atoms with Crippen molar-refractivity contribution in [1.29, 1.82) is 0 Å². The summed E-state index contributed by atoms with van der Waals surface area (Å²) in [7, 11) is 4.54. The summed E-state index contributed by atoms with van der Waals surface area (Å²) in [4.78, 5) is 12.8. The van der Waals surface area contributed by atoms with Crippen LogP contribution in [0.2, 0.25) is 0 Å². The van der Waals surface area contributed by atoms with E-state index in [1.54, 1.807) is 24.3 Å². The van der Waals surface area contributed by atoms with Crippen molar-refractivity contribution in [2.75, 3.05) is 26.6 Å². The summed E-state index contributed by atoms with van der Waals surface area (Å²) in [6.45, 7) is 0. The maximum Gasteiger partial charge on any atom is 0.255 e. The van der Waals surface area contributed by atoms with Gasteiger partial charge in [-0.15, -0.1) is 0 Å². The summed E-state index contributed by atoms with van der Waals surface area (Å²) >= 11 is 0. The average Bonchev–Trinajstić information content (AvgIpc) is 3.31. The zero-order chi connectivity index (χ0) is 19.7. The van der Waals surface area contributed by atoms with E-state index in [1.165, 1.54) is 21.3 Å². The fourth-order valence-corrected chi connectivity index (χ4v) is 3.70. The first-order chi connectivity index (χ1) is 13.6. The largest absolute Gasteiger partial charge is 0.493 e. The quantitative estimate of drug-likeness (QED) is 0.838. The van der Waals surface area contributed by atoms with Crippen molar-refractivity contribution >= 4 is 11.6 Å². The number of anilines is 1. The summed E-state index contributed by atoms with van der Waals surface area (Å²) < 4.78 is 28.0. The van der Waals surface area contributed by atoms with Gasteiger partial charge in [-0.2, -0.15) is 0 Å². The molecule has 4 rings (SSSR count). The highest BCUT2D eigenvalue weighted by atomic mass is 16.7. The number of hydrogen-bond acceptors (Lipinski definition) is 6. The van der Waals surface area contributed by atoms with Gasteiger partial charge in [0.15, 0.2) is 23.0 Å². The van der Waals surface area contributed by atoms with Gasteiger partial charge < -0.3 is 29.0 Å². The van der Waals surface area contributed by atoms with Crippen LogP contribution >= 0.6 is 0 Å². The summed E-state index contributed by atoms with van der Waals surface area (Å²) in [6.07, 6.45) is 3.96. The second-order valence-electron chi connectivity index (χ2n) is 6.85. The molecular formula is C21H23NO6. The van der Waals surface area contributed by atoms with Gasteiger partial charge in [0.25, 0.3) is 11.7 Å². The minimum Gasteiger partial charge on any atom is -0.493 e. The summed E-state index contributed by atoms with van der Waals surface area (Å²) in [5.41, 5.74) is 1.01. The molecule has 1 N–H and O–H groups in total. The van der Waals surface area contributed by atoms with Gasteiger partial charge >= 0.3 is 0 Å². The van der Waals surface area contributed by atoms with E-state index in [0.29, 0.717) is 40.0 Å². The van der Waals surface area contributed by atoms with Crippen LogP contribution in [-0.4, -0.2) is 33.0 Å². The van der Waals surface area contributed by atoms with E-state index in [2.05, 4.69) is 5.32 Å². The molecule has 2 aromatic rings. The second kappa shape index (κ2) is 7.14. The Hall–Kier alpha value is -3.09. The molecule has 1 saturated carbocycles. The molecule has 2 aliphatic rings. The fraction of sp³-hybridized carbons (Fsp3) is 0.381. The molecule has 0 radical (unpaired) electrons. The van der Waals surface area contributed by atoms with Crippen molar-refractivity contribution in [3.8, 4) is 28.7 Å². The first kappa shape index (κ1) is 18.3. The highest BCUT2D eigenvalue weighted by molar-refractivity contribution is 6.05. The van der Waals surface area contributed by atoms with E-state index in [0.717, 1.165) is 25.7 Å². The summed E-state index contributed by atoms with van der Waals surface area (Å²) in [5, 5.41) is 2.88. The molecule has 148 valence electrons. The van der Waals surface area contributed by atoms with E-state index in [9.17, 15) is 4.79 Å². The Morgan fingerprint density at radius 3 is 2.18 bits per heavy atom. The Kier molecular flexibility index (Phi) is 4.66. The van der Waals surface area contributed by atoms with Crippen LogP contribution in [0.3, 0.4) is 0 Å². The second-order valence-corrected chi connectivity index (χ2v) is 6.85. The summed E-state index contributed by atoms with van der Waals surface area (Å²) in [6, 6.07) is 8.63. The van der Waals surface area contributed by atoms with E-state index >= 15 is 0 Å². The molecule has 7 heteroatoms. The van der Waals surface area contributed by atoms with Crippen LogP contribution in [0.1, 0.15) is 36.0 Å². The number of carbonyl (C=O) groups excluding carboxylic acids is 1. The van der Waals surface area contributed by atoms with E-state index in [4.69, 9.17) is 23.7 Å². The number of rotatable bonds is 5. The molecule has 1 amide bonds. The predicted molar refractivity (Wildman–Crippen MR) is 103 cm³/mol. The van der Waals surface area contributed by atoms with Gasteiger partial charge in [0.1, 0.15) is 0 Å². The van der Waals surface area contributed by atoms with Gasteiger partial charge in [-0.25, -0.2) is 0 Å². The van der Waals surface area contributed by atoms with Crippen molar-refractivity contribution in [3.63, 3.8) is 0 Å². The van der Waals surface area contributed by atoms with Crippen LogP contribution in [0.5, 0.6) is 28.7 Å². The standard InChI is InChI=1S/C21H23NO6/c1-24-17-10-13(11-18(25-2)19(17)26-3)20(23)22-14-6-7-15-16(12-14)28-21(27-15)8-4-5-9-21/h6-7,10-12H,4-5,8-9H2,1-3H3,(H,22,23). The molecule has 2 aromatic carbocycles. The lowest BCUT2D eigenvalue weighted by molar-refractivity contribution is -0.0716. The number of nitrogens with one attached hydrogen (secondary N) is 1. The molecule has 1 aliphatic heterocycles. The molecule has 1 spiro atoms. The molecule has 0 aromatic heterocycles. The molecule has 7 nitrogen and oxygen atoms in total. The Labute approximate surface area is 163 Å². The maximum atomic E-state index is 12.8. The topological polar surface area (TPSA) is 75.3 Å². The molecule has 0 atom stereocenters. The van der Waals surface area contributed by atoms with Crippen molar-refractivity contribution in [1.82, 2.24) is 0 Å². The van der Waals surface area contributed by atoms with Crippen LogP contribution in [0.15, 0.2) is 30.3 Å². The fourth-order valence-electron chi connectivity index (χ4n) is 3.70. The first-order valence-corrected chi connectivity index (χ1v) is 9.21. The Morgan fingerprint density at radius 2 is 1.57 bits per heavy atom. The lowest BCUT2D eigenvalue weighted by Gasteiger charge is -2.21. The highest BCUT2D eigenvalue weighted by Crippen LogP contribution is 2.47. The van der Waals surface area contributed by atoms with Crippen molar-refractivity contribution < 1.29 is 28.5 Å². The van der Waals surface area contributed by atoms with Gasteiger partial charge in [-0.1, -0.05) is 0 Å². The molecular weight excluding hydrogens is 362 g/mol. The van der Waals surface area contributed by atoms with E-state index < -0.39 is 5.79 Å². The van der Waals surface area contributed by atoms with Crippen LogP contribution < -0.4 is 29.0 Å². The highest BCUT2D eigenvalue weighted by Gasteiger charge is 2.44. The Morgan fingerprint density at radius 1 is 0.929 bits per heavy atom. The van der Waals surface area contributed by atoms with Crippen LogP contribution in [0.25, 0.3) is 0 Å². The third-order valence-corrected chi connectivity index (χ3v) is 5.09. The van der Waals surface area contributed by atoms with Crippen molar-refractivity contribution in [2.24, 2.45) is 0 Å². The number of amides is 1. The molecule has 1 heterocycles. The normalized spacial score (nSPS) is 16.1.